The molecule has 0 N–H and O–H groups in total. The monoisotopic (exact) mass is 245 g/mol. The van der Waals surface area contributed by atoms with Gasteiger partial charge in [0.2, 0.25) is 0 Å². The van der Waals surface area contributed by atoms with Gasteiger partial charge < -0.3 is 5.21 Å². The van der Waals surface area contributed by atoms with E-state index >= 15 is 0 Å². The summed E-state index contributed by atoms with van der Waals surface area (Å²) in [4.78, 5) is 14.2. The molecular weight excluding hydrogens is 234 g/mol. The molecular formula is C12H11N3O3. The Kier molecular flexibility index (Phi) is 2.93. The molecule has 0 bridgehead atoms. The van der Waals surface area contributed by atoms with Crippen LogP contribution in [0.4, 0.5) is 5.69 Å². The van der Waals surface area contributed by atoms with Crippen LogP contribution in [0, 0.1) is 29.2 Å². The average Bonchev–Trinajstić information content (AvgIpc) is 2.34. The molecule has 0 radical (unpaired) electrons. The van der Waals surface area contributed by atoms with Gasteiger partial charge >= 0.3 is 5.82 Å². The quantitative estimate of drug-likeness (QED) is 0.350. The minimum absolute atomic E-state index is 0.0134. The Morgan fingerprint density at radius 3 is 2.39 bits per heavy atom. The Bertz CT molecular complexity index is 609. The van der Waals surface area contributed by atoms with Crippen molar-refractivity contribution in [3.63, 3.8) is 0 Å². The van der Waals surface area contributed by atoms with Gasteiger partial charge in [-0.15, -0.1) is 0 Å². The lowest BCUT2D eigenvalue weighted by Crippen LogP contribution is -2.34. The lowest BCUT2D eigenvalue weighted by Gasteiger charge is -2.09. The summed E-state index contributed by atoms with van der Waals surface area (Å²) in [5, 5.41) is 22.4. The molecule has 0 fully saturated rings. The van der Waals surface area contributed by atoms with E-state index in [0.29, 0.717) is 16.0 Å². The fourth-order valence-corrected chi connectivity index (χ4v) is 1.69. The molecule has 6 heteroatoms. The highest BCUT2D eigenvalue weighted by atomic mass is 16.6. The van der Waals surface area contributed by atoms with Crippen LogP contribution in [0.25, 0.3) is 11.4 Å². The molecule has 2 rings (SSSR count). The minimum atomic E-state index is -0.482. The average molecular weight is 245 g/mol. The van der Waals surface area contributed by atoms with E-state index in [-0.39, 0.29) is 11.5 Å². The van der Waals surface area contributed by atoms with E-state index in [0.717, 1.165) is 5.69 Å². The molecule has 92 valence electrons. The summed E-state index contributed by atoms with van der Waals surface area (Å²) in [6.45, 7) is 3.48. The third-order valence-corrected chi connectivity index (χ3v) is 2.55. The van der Waals surface area contributed by atoms with Crippen molar-refractivity contribution < 1.29 is 9.65 Å². The summed E-state index contributed by atoms with van der Waals surface area (Å²) >= 11 is 0. The molecule has 0 aliphatic rings. The molecule has 1 heterocycles. The van der Waals surface area contributed by atoms with E-state index < -0.39 is 4.92 Å². The second-order valence-electron chi connectivity index (χ2n) is 3.96. The molecule has 0 aliphatic heterocycles. The molecule has 0 aliphatic carbocycles. The summed E-state index contributed by atoms with van der Waals surface area (Å²) in [5.41, 5.74) is 1.81. The van der Waals surface area contributed by atoms with Crippen molar-refractivity contribution >= 4 is 5.69 Å². The van der Waals surface area contributed by atoms with Crippen LogP contribution in [0.2, 0.25) is 0 Å². The highest BCUT2D eigenvalue weighted by Crippen LogP contribution is 2.18. The van der Waals surface area contributed by atoms with Gasteiger partial charge in [0.1, 0.15) is 5.69 Å². The van der Waals surface area contributed by atoms with Crippen molar-refractivity contribution in [1.82, 2.24) is 4.98 Å². The van der Waals surface area contributed by atoms with Crippen LogP contribution in [0.5, 0.6) is 0 Å². The molecule has 0 saturated heterocycles. The van der Waals surface area contributed by atoms with Gasteiger partial charge in [0.25, 0.3) is 5.69 Å². The number of nitro benzene ring substituents is 1. The molecule has 6 nitrogen and oxygen atoms in total. The second kappa shape index (κ2) is 4.40. The fraction of sp³-hybridized carbons (Fsp3) is 0.167. The van der Waals surface area contributed by atoms with Gasteiger partial charge in [0.15, 0.2) is 5.69 Å². The zero-order valence-corrected chi connectivity index (χ0v) is 9.95. The lowest BCUT2D eigenvalue weighted by atomic mass is 10.2. The molecule has 1 aromatic heterocycles. The van der Waals surface area contributed by atoms with Crippen LogP contribution in [-0.4, -0.2) is 9.91 Å². The Balaban J connectivity index is 2.52. The Morgan fingerprint density at radius 1 is 1.22 bits per heavy atom. The number of hydrogen-bond acceptors (Lipinski definition) is 4. The number of benzene rings is 1. The van der Waals surface area contributed by atoms with Gasteiger partial charge in [0, 0.05) is 25.1 Å². The predicted octanol–water partition coefficient (Wildman–Crippen LogP) is 1.91. The molecule has 0 saturated carbocycles. The van der Waals surface area contributed by atoms with Gasteiger partial charge in [-0.25, -0.2) is 4.73 Å². The molecule has 0 atom stereocenters. The van der Waals surface area contributed by atoms with Crippen molar-refractivity contribution in [2.45, 2.75) is 13.8 Å². The third kappa shape index (κ3) is 2.13. The van der Waals surface area contributed by atoms with E-state index in [2.05, 4.69) is 4.98 Å². The van der Waals surface area contributed by atoms with Crippen molar-refractivity contribution in [3.8, 4) is 11.4 Å². The Morgan fingerprint density at radius 2 is 1.83 bits per heavy atom. The second-order valence-corrected chi connectivity index (χ2v) is 3.96. The van der Waals surface area contributed by atoms with Crippen LogP contribution in [0.1, 0.15) is 11.4 Å². The summed E-state index contributed by atoms with van der Waals surface area (Å²) in [5.74, 6) is 0.252. The van der Waals surface area contributed by atoms with Crippen LogP contribution in [0.15, 0.2) is 30.3 Å². The minimum Gasteiger partial charge on any atom is -0.710 e. The maximum absolute atomic E-state index is 11.9. The first-order valence-electron chi connectivity index (χ1n) is 5.31. The highest BCUT2D eigenvalue weighted by molar-refractivity contribution is 5.55. The van der Waals surface area contributed by atoms with Crippen LogP contribution in [-0.2, 0) is 0 Å². The number of aromatic nitrogens is 2. The standard InChI is InChI=1S/C12H11N3O3/c1-8-7-9(2)14(16)12(13-8)10-3-5-11(6-4-10)15(17)18/h3-7H,1-2H3. The normalized spacial score (nSPS) is 10.3. The van der Waals surface area contributed by atoms with Crippen molar-refractivity contribution in [3.05, 3.63) is 57.0 Å². The summed E-state index contributed by atoms with van der Waals surface area (Å²) in [6, 6.07) is 7.44. The topological polar surface area (TPSA) is 83.0 Å². The van der Waals surface area contributed by atoms with Crippen LogP contribution in [0.3, 0.4) is 0 Å². The van der Waals surface area contributed by atoms with Gasteiger partial charge in [0.05, 0.1) is 10.5 Å². The SMILES string of the molecule is Cc1cc(C)[n+]([O-])c(-c2ccc([N+](=O)[O-])cc2)n1. The van der Waals surface area contributed by atoms with E-state index in [9.17, 15) is 15.3 Å². The first-order valence-corrected chi connectivity index (χ1v) is 5.31. The van der Waals surface area contributed by atoms with E-state index in [1.807, 2.05) is 0 Å². The number of nitrogens with zero attached hydrogens (tertiary/aromatic N) is 3. The number of hydrogen-bond donors (Lipinski definition) is 0. The summed E-state index contributed by atoms with van der Waals surface area (Å²) < 4.78 is 0.716. The molecule has 0 amide bonds. The molecule has 0 spiro atoms. The van der Waals surface area contributed by atoms with Crippen LogP contribution < -0.4 is 4.73 Å². The fourth-order valence-electron chi connectivity index (χ4n) is 1.69. The molecule has 1 aromatic carbocycles. The predicted molar refractivity (Wildman–Crippen MR) is 64.8 cm³/mol. The van der Waals surface area contributed by atoms with Gasteiger partial charge in [-0.3, -0.25) is 10.1 Å². The lowest BCUT2D eigenvalue weighted by molar-refractivity contribution is -0.603. The van der Waals surface area contributed by atoms with E-state index in [1.165, 1.54) is 24.3 Å². The van der Waals surface area contributed by atoms with Crippen molar-refractivity contribution in [2.24, 2.45) is 0 Å². The van der Waals surface area contributed by atoms with Gasteiger partial charge in [-0.1, -0.05) is 0 Å². The highest BCUT2D eigenvalue weighted by Gasteiger charge is 2.15. The van der Waals surface area contributed by atoms with Crippen molar-refractivity contribution in [2.75, 3.05) is 0 Å². The maximum atomic E-state index is 11.9. The molecule has 0 unspecified atom stereocenters. The number of non-ortho nitro benzene ring substituents is 1. The number of aryl methyl sites for hydroxylation is 2. The van der Waals surface area contributed by atoms with Crippen LogP contribution >= 0.6 is 0 Å². The maximum Gasteiger partial charge on any atom is 0.333 e. The Labute approximate surface area is 103 Å². The van der Waals surface area contributed by atoms with Gasteiger partial charge in [-0.05, 0) is 24.0 Å². The molecule has 18 heavy (non-hydrogen) atoms. The third-order valence-electron chi connectivity index (χ3n) is 2.55. The molecule has 2 aromatic rings. The van der Waals surface area contributed by atoms with Crippen molar-refractivity contribution in [1.29, 1.82) is 0 Å². The van der Waals surface area contributed by atoms with E-state index in [1.54, 1.807) is 19.9 Å². The largest absolute Gasteiger partial charge is 0.710 e. The summed E-state index contributed by atoms with van der Waals surface area (Å²) in [6.07, 6.45) is 0. The number of nitro groups is 1. The smallest absolute Gasteiger partial charge is 0.333 e. The zero-order valence-electron chi connectivity index (χ0n) is 9.95. The zero-order chi connectivity index (χ0) is 13.3. The first-order chi connectivity index (χ1) is 8.49. The van der Waals surface area contributed by atoms with E-state index in [4.69, 9.17) is 0 Å². The summed E-state index contributed by atoms with van der Waals surface area (Å²) in [7, 11) is 0. The number of rotatable bonds is 2. The first kappa shape index (κ1) is 12.0. The Hall–Kier alpha value is -2.50. The van der Waals surface area contributed by atoms with Gasteiger partial charge in [-0.2, -0.15) is 0 Å².